The lowest BCUT2D eigenvalue weighted by Crippen LogP contribution is -2.34. The van der Waals surface area contributed by atoms with Gasteiger partial charge in [-0.3, -0.25) is 4.79 Å². The van der Waals surface area contributed by atoms with Crippen LogP contribution in [-0.4, -0.2) is 29.8 Å². The second-order valence-corrected chi connectivity index (χ2v) is 6.02. The van der Waals surface area contributed by atoms with E-state index in [1.54, 1.807) is 11.3 Å². The van der Waals surface area contributed by atoms with Crippen LogP contribution in [0.4, 0.5) is 0 Å². The Labute approximate surface area is 114 Å². The van der Waals surface area contributed by atoms with Gasteiger partial charge in [0.25, 0.3) is 0 Å². The summed E-state index contributed by atoms with van der Waals surface area (Å²) >= 11 is 1.56. The SMILES string of the molecule is CCN(CCCC(=O)c1cccs1)C1CCCC1. The number of ketones is 1. The third kappa shape index (κ3) is 3.66. The Morgan fingerprint density at radius 1 is 1.44 bits per heavy atom. The maximum atomic E-state index is 11.9. The van der Waals surface area contributed by atoms with Crippen molar-refractivity contribution in [3.63, 3.8) is 0 Å². The van der Waals surface area contributed by atoms with Crippen LogP contribution in [0.1, 0.15) is 55.1 Å². The lowest BCUT2D eigenvalue weighted by Gasteiger charge is -2.27. The molecule has 1 aromatic rings. The summed E-state index contributed by atoms with van der Waals surface area (Å²) in [7, 11) is 0. The lowest BCUT2D eigenvalue weighted by atomic mass is 10.1. The summed E-state index contributed by atoms with van der Waals surface area (Å²) in [5.41, 5.74) is 0. The first-order valence-corrected chi connectivity index (χ1v) is 8.00. The molecule has 0 atom stereocenters. The van der Waals surface area contributed by atoms with Crippen LogP contribution in [0.5, 0.6) is 0 Å². The van der Waals surface area contributed by atoms with Crippen molar-refractivity contribution in [3.05, 3.63) is 22.4 Å². The third-order valence-electron chi connectivity index (χ3n) is 3.89. The van der Waals surface area contributed by atoms with Gasteiger partial charge in [0.15, 0.2) is 5.78 Å². The van der Waals surface area contributed by atoms with Gasteiger partial charge in [0, 0.05) is 12.5 Å². The van der Waals surface area contributed by atoms with Gasteiger partial charge in [0.2, 0.25) is 0 Å². The summed E-state index contributed by atoms with van der Waals surface area (Å²) in [5.74, 6) is 0.312. The molecule has 0 saturated heterocycles. The number of Topliss-reactive ketones (excluding diaryl/α,β-unsaturated/α-hetero) is 1. The van der Waals surface area contributed by atoms with Crippen LogP contribution in [-0.2, 0) is 0 Å². The van der Waals surface area contributed by atoms with E-state index in [9.17, 15) is 4.79 Å². The van der Waals surface area contributed by atoms with E-state index in [0.717, 1.165) is 30.4 Å². The van der Waals surface area contributed by atoms with E-state index in [2.05, 4.69) is 11.8 Å². The first kappa shape index (κ1) is 13.8. The third-order valence-corrected chi connectivity index (χ3v) is 4.80. The topological polar surface area (TPSA) is 20.3 Å². The summed E-state index contributed by atoms with van der Waals surface area (Å²) < 4.78 is 0. The van der Waals surface area contributed by atoms with Crippen molar-refractivity contribution in [2.75, 3.05) is 13.1 Å². The molecule has 0 N–H and O–H groups in total. The normalized spacial score (nSPS) is 16.6. The monoisotopic (exact) mass is 265 g/mol. The Hall–Kier alpha value is -0.670. The number of hydrogen-bond acceptors (Lipinski definition) is 3. The van der Waals surface area contributed by atoms with Crippen LogP contribution in [0, 0.1) is 0 Å². The molecule has 100 valence electrons. The van der Waals surface area contributed by atoms with E-state index in [-0.39, 0.29) is 0 Å². The molecule has 1 saturated carbocycles. The highest BCUT2D eigenvalue weighted by atomic mass is 32.1. The second-order valence-electron chi connectivity index (χ2n) is 5.07. The summed E-state index contributed by atoms with van der Waals surface area (Å²) in [5, 5.41) is 1.98. The first-order chi connectivity index (χ1) is 8.81. The van der Waals surface area contributed by atoms with Crippen LogP contribution in [0.2, 0.25) is 0 Å². The van der Waals surface area contributed by atoms with E-state index in [4.69, 9.17) is 0 Å². The highest BCUT2D eigenvalue weighted by Gasteiger charge is 2.21. The largest absolute Gasteiger partial charge is 0.301 e. The highest BCUT2D eigenvalue weighted by molar-refractivity contribution is 7.12. The Morgan fingerprint density at radius 3 is 2.83 bits per heavy atom. The molecule has 2 rings (SSSR count). The zero-order valence-corrected chi connectivity index (χ0v) is 12.0. The molecule has 1 heterocycles. The molecule has 1 fully saturated rings. The number of rotatable bonds is 7. The predicted octanol–water partition coefficient (Wildman–Crippen LogP) is 3.98. The molecule has 0 radical (unpaired) electrons. The van der Waals surface area contributed by atoms with Crippen molar-refractivity contribution in [1.82, 2.24) is 4.90 Å². The molecule has 3 heteroatoms. The van der Waals surface area contributed by atoms with Gasteiger partial charge in [-0.25, -0.2) is 0 Å². The van der Waals surface area contributed by atoms with Gasteiger partial charge in [0.1, 0.15) is 0 Å². The molecule has 0 bridgehead atoms. The van der Waals surface area contributed by atoms with Crippen LogP contribution in [0.25, 0.3) is 0 Å². The minimum Gasteiger partial charge on any atom is -0.301 e. The molecule has 1 aliphatic carbocycles. The van der Waals surface area contributed by atoms with Gasteiger partial charge in [-0.15, -0.1) is 11.3 Å². The van der Waals surface area contributed by atoms with Gasteiger partial charge in [-0.1, -0.05) is 25.8 Å². The minimum absolute atomic E-state index is 0.312. The zero-order valence-electron chi connectivity index (χ0n) is 11.2. The van der Waals surface area contributed by atoms with Crippen molar-refractivity contribution < 1.29 is 4.79 Å². The fraction of sp³-hybridized carbons (Fsp3) is 0.667. The molecule has 1 aliphatic rings. The van der Waals surface area contributed by atoms with Crippen LogP contribution in [0.3, 0.4) is 0 Å². The first-order valence-electron chi connectivity index (χ1n) is 7.12. The Balaban J connectivity index is 1.71. The Kier molecular flexibility index (Phi) is 5.39. The van der Waals surface area contributed by atoms with Crippen molar-refractivity contribution in [2.45, 2.75) is 51.5 Å². The fourth-order valence-electron chi connectivity index (χ4n) is 2.87. The molecule has 0 aliphatic heterocycles. The Bertz CT molecular complexity index is 355. The lowest BCUT2D eigenvalue weighted by molar-refractivity contribution is 0.0975. The molecule has 0 aromatic carbocycles. The maximum Gasteiger partial charge on any atom is 0.172 e. The zero-order chi connectivity index (χ0) is 12.8. The molecule has 0 amide bonds. The number of thiophene rings is 1. The average Bonchev–Trinajstić information content (AvgIpc) is 3.05. The molecular weight excluding hydrogens is 242 g/mol. The van der Waals surface area contributed by atoms with E-state index in [1.807, 2.05) is 17.5 Å². The van der Waals surface area contributed by atoms with Gasteiger partial charge >= 0.3 is 0 Å². The van der Waals surface area contributed by atoms with Crippen molar-refractivity contribution in [3.8, 4) is 0 Å². The van der Waals surface area contributed by atoms with Crippen LogP contribution in [0.15, 0.2) is 17.5 Å². The highest BCUT2D eigenvalue weighted by Crippen LogP contribution is 2.23. The van der Waals surface area contributed by atoms with E-state index in [0.29, 0.717) is 12.2 Å². The minimum atomic E-state index is 0.312. The van der Waals surface area contributed by atoms with Crippen molar-refractivity contribution >= 4 is 17.1 Å². The van der Waals surface area contributed by atoms with Crippen molar-refractivity contribution in [2.24, 2.45) is 0 Å². The van der Waals surface area contributed by atoms with Gasteiger partial charge in [-0.05, 0) is 43.8 Å². The maximum absolute atomic E-state index is 11.9. The quantitative estimate of drug-likeness (QED) is 0.695. The summed E-state index contributed by atoms with van der Waals surface area (Å²) in [6.45, 7) is 4.44. The molecule has 1 aromatic heterocycles. The number of carbonyl (C=O) groups excluding carboxylic acids is 1. The molecule has 0 unspecified atom stereocenters. The fourth-order valence-corrected chi connectivity index (χ4v) is 3.57. The van der Waals surface area contributed by atoms with Gasteiger partial charge in [-0.2, -0.15) is 0 Å². The smallest absolute Gasteiger partial charge is 0.172 e. The average molecular weight is 265 g/mol. The summed E-state index contributed by atoms with van der Waals surface area (Å²) in [6.07, 6.45) is 7.18. The van der Waals surface area contributed by atoms with Gasteiger partial charge in [0.05, 0.1) is 4.88 Å². The Morgan fingerprint density at radius 2 is 2.22 bits per heavy atom. The molecule has 2 nitrogen and oxygen atoms in total. The second kappa shape index (κ2) is 7.05. The van der Waals surface area contributed by atoms with Crippen LogP contribution < -0.4 is 0 Å². The summed E-state index contributed by atoms with van der Waals surface area (Å²) in [6, 6.07) is 4.67. The number of nitrogens with zero attached hydrogens (tertiary/aromatic N) is 1. The van der Waals surface area contributed by atoms with E-state index in [1.165, 1.54) is 25.7 Å². The standard InChI is InChI=1S/C15H23NOS/c1-2-16(13-7-3-4-8-13)11-5-9-14(17)15-10-6-12-18-15/h6,10,12-13H,2-5,7-9,11H2,1H3. The molecule has 18 heavy (non-hydrogen) atoms. The summed E-state index contributed by atoms with van der Waals surface area (Å²) in [4.78, 5) is 15.4. The van der Waals surface area contributed by atoms with Crippen LogP contribution >= 0.6 is 11.3 Å². The number of carbonyl (C=O) groups is 1. The molecule has 0 spiro atoms. The van der Waals surface area contributed by atoms with E-state index < -0.39 is 0 Å². The van der Waals surface area contributed by atoms with Gasteiger partial charge < -0.3 is 4.90 Å². The molecular formula is C15H23NOS. The van der Waals surface area contributed by atoms with Crippen molar-refractivity contribution in [1.29, 1.82) is 0 Å². The number of hydrogen-bond donors (Lipinski definition) is 0. The predicted molar refractivity (Wildman–Crippen MR) is 77.4 cm³/mol. The van der Waals surface area contributed by atoms with E-state index >= 15 is 0 Å².